The van der Waals surface area contributed by atoms with Gasteiger partial charge in [-0.05, 0) is 45.3 Å². The van der Waals surface area contributed by atoms with E-state index in [1.54, 1.807) is 13.8 Å². The summed E-state index contributed by atoms with van der Waals surface area (Å²) in [6.45, 7) is 5.38. The number of benzene rings is 1. The molecule has 2 rings (SSSR count). The largest absolute Gasteiger partial charge is 0.464 e. The number of ether oxygens (including phenoxy) is 2. The van der Waals surface area contributed by atoms with Gasteiger partial charge in [-0.1, -0.05) is 30.3 Å². The minimum atomic E-state index is -1.39. The average Bonchev–Trinajstić information content (AvgIpc) is 3.08. The van der Waals surface area contributed by atoms with Gasteiger partial charge in [0.2, 0.25) is 5.54 Å². The van der Waals surface area contributed by atoms with Crippen LogP contribution in [0.1, 0.15) is 32.3 Å². The molecule has 1 aromatic rings. The van der Waals surface area contributed by atoms with Crippen LogP contribution in [0.25, 0.3) is 0 Å². The highest BCUT2D eigenvalue weighted by atomic mass is 16.6. The van der Waals surface area contributed by atoms with E-state index in [4.69, 9.17) is 9.47 Å². The lowest BCUT2D eigenvalue weighted by molar-refractivity contribution is -0.174. The van der Waals surface area contributed by atoms with Gasteiger partial charge in [-0.15, -0.1) is 0 Å². The maximum Gasteiger partial charge on any atom is 0.338 e. The van der Waals surface area contributed by atoms with Crippen LogP contribution in [-0.2, 0) is 25.5 Å². The molecule has 0 aromatic heterocycles. The number of rotatable bonds is 7. The van der Waals surface area contributed by atoms with Crippen LogP contribution in [-0.4, -0.2) is 48.7 Å². The lowest BCUT2D eigenvalue weighted by Gasteiger charge is -2.37. The van der Waals surface area contributed by atoms with Crippen molar-refractivity contribution >= 4 is 11.9 Å². The summed E-state index contributed by atoms with van der Waals surface area (Å²) >= 11 is 0. The molecule has 1 aliphatic rings. The van der Waals surface area contributed by atoms with E-state index >= 15 is 0 Å². The molecule has 0 N–H and O–H groups in total. The van der Waals surface area contributed by atoms with Crippen molar-refractivity contribution in [1.29, 1.82) is 0 Å². The summed E-state index contributed by atoms with van der Waals surface area (Å²) in [6, 6.07) is 9.56. The maximum atomic E-state index is 12.8. The summed E-state index contributed by atoms with van der Waals surface area (Å²) < 4.78 is 10.6. The summed E-state index contributed by atoms with van der Waals surface area (Å²) in [6.07, 6.45) is 2.20. The smallest absolute Gasteiger partial charge is 0.338 e. The lowest BCUT2D eigenvalue weighted by Crippen LogP contribution is -2.62. The van der Waals surface area contributed by atoms with Gasteiger partial charge in [-0.3, -0.25) is 4.90 Å². The molecule has 126 valence electrons. The Morgan fingerprint density at radius 3 is 2.00 bits per heavy atom. The number of likely N-dealkylation sites (tertiary alicyclic amines) is 1. The molecule has 0 aliphatic carbocycles. The van der Waals surface area contributed by atoms with E-state index in [1.165, 1.54) is 0 Å². The molecular weight excluding hydrogens is 294 g/mol. The highest BCUT2D eigenvalue weighted by Gasteiger charge is 2.54. The van der Waals surface area contributed by atoms with Gasteiger partial charge in [-0.25, -0.2) is 9.59 Å². The van der Waals surface area contributed by atoms with E-state index in [0.29, 0.717) is 13.1 Å². The van der Waals surface area contributed by atoms with Crippen molar-refractivity contribution in [2.75, 3.05) is 26.3 Å². The first-order valence-corrected chi connectivity index (χ1v) is 8.28. The predicted molar refractivity (Wildman–Crippen MR) is 87.0 cm³/mol. The molecule has 5 heteroatoms. The van der Waals surface area contributed by atoms with Gasteiger partial charge in [-0.2, -0.15) is 0 Å². The zero-order chi connectivity index (χ0) is 16.7. The molecule has 23 heavy (non-hydrogen) atoms. The third-order valence-corrected chi connectivity index (χ3v) is 4.17. The first kappa shape index (κ1) is 17.5. The van der Waals surface area contributed by atoms with Crippen molar-refractivity contribution < 1.29 is 19.1 Å². The zero-order valence-corrected chi connectivity index (χ0v) is 13.9. The van der Waals surface area contributed by atoms with Gasteiger partial charge in [0, 0.05) is 6.42 Å². The van der Waals surface area contributed by atoms with Crippen molar-refractivity contribution in [3.8, 4) is 0 Å². The minimum Gasteiger partial charge on any atom is -0.464 e. The second-order valence-electron chi connectivity index (χ2n) is 5.66. The average molecular weight is 319 g/mol. The molecule has 5 nitrogen and oxygen atoms in total. The van der Waals surface area contributed by atoms with E-state index in [0.717, 1.165) is 18.4 Å². The Bertz CT molecular complexity index is 505. The van der Waals surface area contributed by atoms with Gasteiger partial charge in [0.25, 0.3) is 0 Å². The third-order valence-electron chi connectivity index (χ3n) is 4.17. The van der Waals surface area contributed by atoms with Crippen LogP contribution >= 0.6 is 0 Å². The molecule has 0 atom stereocenters. The normalized spacial score (nSPS) is 15.4. The fourth-order valence-electron chi connectivity index (χ4n) is 3.09. The fourth-order valence-corrected chi connectivity index (χ4v) is 3.09. The Balaban J connectivity index is 2.43. The first-order chi connectivity index (χ1) is 11.1. The number of esters is 2. The van der Waals surface area contributed by atoms with Crippen molar-refractivity contribution in [2.24, 2.45) is 0 Å². The molecule has 0 unspecified atom stereocenters. The van der Waals surface area contributed by atoms with Gasteiger partial charge in [0.1, 0.15) is 0 Å². The monoisotopic (exact) mass is 319 g/mol. The number of carbonyl (C=O) groups excluding carboxylic acids is 2. The fraction of sp³-hybridized carbons (Fsp3) is 0.556. The van der Waals surface area contributed by atoms with Crippen molar-refractivity contribution in [3.63, 3.8) is 0 Å². The van der Waals surface area contributed by atoms with Crippen LogP contribution in [0, 0.1) is 0 Å². The molecule has 1 saturated heterocycles. The molecule has 0 saturated carbocycles. The number of hydrogen-bond donors (Lipinski definition) is 0. The van der Waals surface area contributed by atoms with Crippen molar-refractivity contribution in [1.82, 2.24) is 4.90 Å². The maximum absolute atomic E-state index is 12.8. The van der Waals surface area contributed by atoms with Gasteiger partial charge in [0.15, 0.2) is 0 Å². The Morgan fingerprint density at radius 1 is 1.00 bits per heavy atom. The Labute approximate surface area is 137 Å². The molecule has 0 spiro atoms. The van der Waals surface area contributed by atoms with Crippen LogP contribution in [0.5, 0.6) is 0 Å². The standard InChI is InChI=1S/C18H25NO4/c1-3-22-16(20)18(17(21)23-4-2,19-12-8-9-13-19)14-15-10-6-5-7-11-15/h5-7,10-11H,3-4,8-9,12-14H2,1-2H3. The SMILES string of the molecule is CCOC(=O)C(Cc1ccccc1)(C(=O)OCC)N1CCCC1. The second kappa shape index (κ2) is 8.11. The predicted octanol–water partition coefficient (Wildman–Crippen LogP) is 2.19. The molecule has 1 aromatic carbocycles. The molecule has 1 fully saturated rings. The molecule has 1 heterocycles. The van der Waals surface area contributed by atoms with Crippen LogP contribution in [0.3, 0.4) is 0 Å². The Morgan fingerprint density at radius 2 is 1.52 bits per heavy atom. The summed E-state index contributed by atoms with van der Waals surface area (Å²) in [5, 5.41) is 0. The lowest BCUT2D eigenvalue weighted by atomic mass is 9.88. The summed E-state index contributed by atoms with van der Waals surface area (Å²) in [7, 11) is 0. The van der Waals surface area contributed by atoms with Crippen LogP contribution in [0.4, 0.5) is 0 Å². The zero-order valence-electron chi connectivity index (χ0n) is 13.9. The summed E-state index contributed by atoms with van der Waals surface area (Å²) in [4.78, 5) is 27.5. The number of carbonyl (C=O) groups is 2. The highest BCUT2D eigenvalue weighted by Crippen LogP contribution is 2.29. The number of hydrogen-bond acceptors (Lipinski definition) is 5. The summed E-state index contributed by atoms with van der Waals surface area (Å²) in [5.74, 6) is -1.02. The highest BCUT2D eigenvalue weighted by molar-refractivity contribution is 6.05. The molecule has 0 bridgehead atoms. The van der Waals surface area contributed by atoms with Crippen LogP contribution < -0.4 is 0 Å². The van der Waals surface area contributed by atoms with Crippen molar-refractivity contribution in [2.45, 2.75) is 38.6 Å². The second-order valence-corrected chi connectivity index (χ2v) is 5.66. The van der Waals surface area contributed by atoms with E-state index in [2.05, 4.69) is 0 Å². The topological polar surface area (TPSA) is 55.8 Å². The van der Waals surface area contributed by atoms with Gasteiger partial charge >= 0.3 is 11.9 Å². The van der Waals surface area contributed by atoms with Gasteiger partial charge in [0.05, 0.1) is 13.2 Å². The van der Waals surface area contributed by atoms with E-state index < -0.39 is 17.5 Å². The van der Waals surface area contributed by atoms with Crippen molar-refractivity contribution in [3.05, 3.63) is 35.9 Å². The molecule has 0 radical (unpaired) electrons. The van der Waals surface area contributed by atoms with E-state index in [-0.39, 0.29) is 19.6 Å². The Hall–Kier alpha value is -1.88. The quantitative estimate of drug-likeness (QED) is 0.569. The van der Waals surface area contributed by atoms with Gasteiger partial charge < -0.3 is 9.47 Å². The molecule has 1 aliphatic heterocycles. The minimum absolute atomic E-state index is 0.239. The van der Waals surface area contributed by atoms with E-state index in [1.807, 2.05) is 35.2 Å². The number of nitrogens with zero attached hydrogens (tertiary/aromatic N) is 1. The summed E-state index contributed by atoms with van der Waals surface area (Å²) in [5.41, 5.74) is -0.468. The third kappa shape index (κ3) is 3.72. The molecular formula is C18H25NO4. The van der Waals surface area contributed by atoms with Crippen LogP contribution in [0.2, 0.25) is 0 Å². The molecule has 0 amide bonds. The van der Waals surface area contributed by atoms with Crippen LogP contribution in [0.15, 0.2) is 30.3 Å². The Kier molecular flexibility index (Phi) is 6.16. The first-order valence-electron chi connectivity index (χ1n) is 8.28. The van der Waals surface area contributed by atoms with E-state index in [9.17, 15) is 9.59 Å².